The molecule has 0 fully saturated rings. The van der Waals surface area contributed by atoms with Crippen molar-refractivity contribution in [2.24, 2.45) is 0 Å². The summed E-state index contributed by atoms with van der Waals surface area (Å²) in [6.07, 6.45) is 4.93. The molecule has 82 valence electrons. The number of hydrogen-bond acceptors (Lipinski definition) is 2. The first kappa shape index (κ1) is 11.6. The maximum Gasteiger partial charge on any atom is 0.0708 e. The van der Waals surface area contributed by atoms with Gasteiger partial charge in [-0.3, -0.25) is 4.90 Å². The smallest absolute Gasteiger partial charge is 0.0708 e. The van der Waals surface area contributed by atoms with Gasteiger partial charge in [0.05, 0.1) is 6.67 Å². The lowest BCUT2D eigenvalue weighted by Crippen LogP contribution is -2.50. The van der Waals surface area contributed by atoms with Gasteiger partial charge in [-0.25, -0.2) is 0 Å². The Bertz CT molecular complexity index is 218. The molecule has 14 heavy (non-hydrogen) atoms. The number of allylic oxidation sites excluding steroid dienone is 1. The van der Waals surface area contributed by atoms with Crippen LogP contribution < -0.4 is 0 Å². The summed E-state index contributed by atoms with van der Waals surface area (Å²) in [6.45, 7) is 11.3. The van der Waals surface area contributed by atoms with Crippen LogP contribution in [-0.4, -0.2) is 35.6 Å². The van der Waals surface area contributed by atoms with Gasteiger partial charge in [-0.15, -0.1) is 0 Å². The van der Waals surface area contributed by atoms with Crippen molar-refractivity contribution in [2.75, 3.05) is 20.3 Å². The lowest BCUT2D eigenvalue weighted by Gasteiger charge is -2.44. The van der Waals surface area contributed by atoms with E-state index in [0.717, 1.165) is 6.67 Å². The Morgan fingerprint density at radius 2 is 2.07 bits per heavy atom. The van der Waals surface area contributed by atoms with E-state index in [4.69, 9.17) is 0 Å². The Balaban J connectivity index is 2.65. The summed E-state index contributed by atoms with van der Waals surface area (Å²) in [4.78, 5) is 4.87. The maximum absolute atomic E-state index is 2.47. The van der Waals surface area contributed by atoms with Crippen LogP contribution >= 0.6 is 0 Å². The molecular weight excluding hydrogens is 172 g/mol. The molecule has 0 unspecified atom stereocenters. The minimum absolute atomic E-state index is 0.215. The SMILES string of the molecule is CCCCN1CN(C)C(C)(C)C=C1C. The lowest BCUT2D eigenvalue weighted by atomic mass is 9.99. The molecule has 1 aliphatic rings. The molecule has 0 atom stereocenters. The van der Waals surface area contributed by atoms with E-state index < -0.39 is 0 Å². The Kier molecular flexibility index (Phi) is 3.59. The van der Waals surface area contributed by atoms with Crippen molar-refractivity contribution >= 4 is 0 Å². The molecular formula is C12H24N2. The summed E-state index contributed by atoms with van der Waals surface area (Å²) in [7, 11) is 2.20. The van der Waals surface area contributed by atoms with Gasteiger partial charge in [0.25, 0.3) is 0 Å². The highest BCUT2D eigenvalue weighted by atomic mass is 15.3. The normalized spacial score (nSPS) is 22.4. The molecule has 1 heterocycles. The summed E-state index contributed by atoms with van der Waals surface area (Å²) in [6, 6.07) is 0. The van der Waals surface area contributed by atoms with Crippen molar-refractivity contribution in [1.29, 1.82) is 0 Å². The molecule has 0 saturated carbocycles. The summed E-state index contributed by atoms with van der Waals surface area (Å²) < 4.78 is 0. The van der Waals surface area contributed by atoms with Crippen LogP contribution in [-0.2, 0) is 0 Å². The Hall–Kier alpha value is -0.500. The van der Waals surface area contributed by atoms with Gasteiger partial charge >= 0.3 is 0 Å². The van der Waals surface area contributed by atoms with Gasteiger partial charge < -0.3 is 4.90 Å². The van der Waals surface area contributed by atoms with E-state index in [-0.39, 0.29) is 5.54 Å². The predicted molar refractivity (Wildman–Crippen MR) is 62.1 cm³/mol. The van der Waals surface area contributed by atoms with Gasteiger partial charge in [-0.05, 0) is 40.3 Å². The van der Waals surface area contributed by atoms with E-state index in [2.05, 4.69) is 50.6 Å². The standard InChI is InChI=1S/C12H24N2/c1-6-7-8-14-10-13(5)12(3,4)9-11(14)2/h9H,6-8,10H2,1-5H3. The highest BCUT2D eigenvalue weighted by molar-refractivity contribution is 5.12. The van der Waals surface area contributed by atoms with Crippen molar-refractivity contribution in [2.45, 2.75) is 46.1 Å². The van der Waals surface area contributed by atoms with E-state index in [9.17, 15) is 0 Å². The van der Waals surface area contributed by atoms with E-state index in [1.54, 1.807) is 0 Å². The summed E-state index contributed by atoms with van der Waals surface area (Å²) in [5.74, 6) is 0. The summed E-state index contributed by atoms with van der Waals surface area (Å²) >= 11 is 0. The molecule has 1 aliphatic heterocycles. The highest BCUT2D eigenvalue weighted by Crippen LogP contribution is 2.24. The Morgan fingerprint density at radius 3 is 2.64 bits per heavy atom. The minimum Gasteiger partial charge on any atom is -0.362 e. The van der Waals surface area contributed by atoms with Crippen molar-refractivity contribution in [3.8, 4) is 0 Å². The largest absolute Gasteiger partial charge is 0.362 e. The Morgan fingerprint density at radius 1 is 1.43 bits per heavy atom. The van der Waals surface area contributed by atoms with Crippen LogP contribution in [0.1, 0.15) is 40.5 Å². The second-order valence-corrected chi connectivity index (χ2v) is 4.90. The van der Waals surface area contributed by atoms with Crippen molar-refractivity contribution < 1.29 is 0 Å². The summed E-state index contributed by atoms with van der Waals surface area (Å²) in [5.41, 5.74) is 1.65. The molecule has 0 aromatic rings. The molecule has 0 aromatic carbocycles. The zero-order chi connectivity index (χ0) is 10.8. The third-order valence-electron chi connectivity index (χ3n) is 3.21. The van der Waals surface area contributed by atoms with Crippen LogP contribution in [0.5, 0.6) is 0 Å². The van der Waals surface area contributed by atoms with Gasteiger partial charge in [0.15, 0.2) is 0 Å². The first-order valence-electron chi connectivity index (χ1n) is 5.63. The number of rotatable bonds is 3. The van der Waals surface area contributed by atoms with Gasteiger partial charge in [0.1, 0.15) is 0 Å². The zero-order valence-electron chi connectivity index (χ0n) is 10.3. The Labute approximate surface area is 88.6 Å². The lowest BCUT2D eigenvalue weighted by molar-refractivity contribution is 0.0943. The molecule has 0 aromatic heterocycles. The molecule has 2 heteroatoms. The fourth-order valence-electron chi connectivity index (χ4n) is 1.86. The molecule has 0 N–H and O–H groups in total. The van der Waals surface area contributed by atoms with Gasteiger partial charge in [-0.1, -0.05) is 13.3 Å². The van der Waals surface area contributed by atoms with E-state index in [1.807, 2.05) is 0 Å². The van der Waals surface area contributed by atoms with Crippen LogP contribution in [0, 0.1) is 0 Å². The fraction of sp³-hybridized carbons (Fsp3) is 0.833. The van der Waals surface area contributed by atoms with Crippen LogP contribution in [0.3, 0.4) is 0 Å². The molecule has 0 aliphatic carbocycles. The fourth-order valence-corrected chi connectivity index (χ4v) is 1.86. The summed E-state index contributed by atoms with van der Waals surface area (Å²) in [5, 5.41) is 0. The third-order valence-corrected chi connectivity index (χ3v) is 3.21. The number of hydrogen-bond donors (Lipinski definition) is 0. The quantitative estimate of drug-likeness (QED) is 0.685. The van der Waals surface area contributed by atoms with Gasteiger partial charge in [-0.2, -0.15) is 0 Å². The predicted octanol–water partition coefficient (Wildman–Crippen LogP) is 2.67. The van der Waals surface area contributed by atoms with Crippen LogP contribution in [0.15, 0.2) is 11.8 Å². The zero-order valence-corrected chi connectivity index (χ0v) is 10.3. The minimum atomic E-state index is 0.215. The average molecular weight is 196 g/mol. The number of nitrogens with zero attached hydrogens (tertiary/aromatic N) is 2. The van der Waals surface area contributed by atoms with Crippen molar-refractivity contribution in [3.63, 3.8) is 0 Å². The van der Waals surface area contributed by atoms with Crippen LogP contribution in [0.4, 0.5) is 0 Å². The average Bonchev–Trinajstić information content (AvgIpc) is 2.08. The van der Waals surface area contributed by atoms with Crippen LogP contribution in [0.25, 0.3) is 0 Å². The van der Waals surface area contributed by atoms with E-state index in [0.29, 0.717) is 0 Å². The first-order chi connectivity index (χ1) is 6.47. The third kappa shape index (κ3) is 2.50. The molecule has 0 bridgehead atoms. The molecule has 0 radical (unpaired) electrons. The van der Waals surface area contributed by atoms with Crippen molar-refractivity contribution in [1.82, 2.24) is 9.80 Å². The molecule has 1 rings (SSSR count). The molecule has 2 nitrogen and oxygen atoms in total. The second-order valence-electron chi connectivity index (χ2n) is 4.90. The number of likely N-dealkylation sites (N-methyl/N-ethyl adjacent to an activating group) is 1. The molecule has 0 spiro atoms. The number of unbranched alkanes of at least 4 members (excludes halogenated alkanes) is 1. The van der Waals surface area contributed by atoms with Gasteiger partial charge in [0, 0.05) is 17.8 Å². The second kappa shape index (κ2) is 4.35. The highest BCUT2D eigenvalue weighted by Gasteiger charge is 2.27. The van der Waals surface area contributed by atoms with Crippen molar-refractivity contribution in [3.05, 3.63) is 11.8 Å². The van der Waals surface area contributed by atoms with E-state index >= 15 is 0 Å². The molecule has 0 saturated heterocycles. The monoisotopic (exact) mass is 196 g/mol. The topological polar surface area (TPSA) is 6.48 Å². The first-order valence-corrected chi connectivity index (χ1v) is 5.63. The molecule has 0 amide bonds. The van der Waals surface area contributed by atoms with Gasteiger partial charge in [0.2, 0.25) is 0 Å². The van der Waals surface area contributed by atoms with Crippen LogP contribution in [0.2, 0.25) is 0 Å². The maximum atomic E-state index is 2.47. The van der Waals surface area contributed by atoms with E-state index in [1.165, 1.54) is 25.1 Å².